The fraction of sp³-hybridized carbons (Fsp3) is 0.636. The van der Waals surface area contributed by atoms with Crippen LogP contribution in [0.5, 0.6) is 5.88 Å². The summed E-state index contributed by atoms with van der Waals surface area (Å²) in [6, 6.07) is 0. The lowest BCUT2D eigenvalue weighted by Gasteiger charge is -2.27. The Bertz CT molecular complexity index is 591. The van der Waals surface area contributed by atoms with E-state index in [2.05, 4.69) is 15.0 Å². The van der Waals surface area contributed by atoms with Gasteiger partial charge in [0.1, 0.15) is 6.10 Å². The number of carbonyl (C=O) groups excluding carboxylic acids is 2. The first kappa shape index (κ1) is 17.1. The molecule has 1 N–H and O–H groups in total. The van der Waals surface area contributed by atoms with Crippen LogP contribution in [-0.2, 0) is 9.53 Å². The van der Waals surface area contributed by atoms with E-state index >= 15 is 0 Å². The van der Waals surface area contributed by atoms with Crippen molar-refractivity contribution in [3.63, 3.8) is 0 Å². The standard InChI is InChI=1S/C11H10F5N3O4/c12-10(13)3-1-5(2-4-10)22-7-6(17-19-18-7)8(20)23-9(21)11(14,15)16/h5H,1-4H2,(H,17,18,19). The second-order valence-corrected chi connectivity index (χ2v) is 4.84. The van der Waals surface area contributed by atoms with E-state index in [1.54, 1.807) is 0 Å². The van der Waals surface area contributed by atoms with E-state index in [1.807, 2.05) is 5.10 Å². The second-order valence-electron chi connectivity index (χ2n) is 4.84. The van der Waals surface area contributed by atoms with E-state index in [9.17, 15) is 31.5 Å². The molecule has 1 aliphatic carbocycles. The van der Waals surface area contributed by atoms with Crippen LogP contribution in [0.2, 0.25) is 0 Å². The smallest absolute Gasteiger partial charge is 0.472 e. The molecule has 0 radical (unpaired) electrons. The summed E-state index contributed by atoms with van der Waals surface area (Å²) >= 11 is 0. The summed E-state index contributed by atoms with van der Waals surface area (Å²) in [5, 5.41) is 8.43. The van der Waals surface area contributed by atoms with Crippen molar-refractivity contribution in [2.75, 3.05) is 0 Å². The number of esters is 2. The maximum Gasteiger partial charge on any atom is 0.491 e. The lowest BCUT2D eigenvalue weighted by Crippen LogP contribution is -2.31. The number of rotatable bonds is 3. The number of alkyl halides is 5. The highest BCUT2D eigenvalue weighted by molar-refractivity contribution is 5.98. The van der Waals surface area contributed by atoms with Crippen molar-refractivity contribution >= 4 is 11.9 Å². The molecule has 1 fully saturated rings. The Kier molecular flexibility index (Phi) is 4.52. The topological polar surface area (TPSA) is 94.2 Å². The molecular formula is C11H10F5N3O4. The quantitative estimate of drug-likeness (QED) is 0.513. The van der Waals surface area contributed by atoms with Gasteiger partial charge >= 0.3 is 18.1 Å². The lowest BCUT2D eigenvalue weighted by atomic mass is 9.94. The molecule has 0 saturated heterocycles. The van der Waals surface area contributed by atoms with Crippen LogP contribution >= 0.6 is 0 Å². The molecule has 7 nitrogen and oxygen atoms in total. The van der Waals surface area contributed by atoms with Gasteiger partial charge in [0.05, 0.1) is 0 Å². The Morgan fingerprint density at radius 2 is 1.83 bits per heavy atom. The van der Waals surface area contributed by atoms with Gasteiger partial charge in [0.2, 0.25) is 11.6 Å². The minimum atomic E-state index is -5.35. The minimum absolute atomic E-state index is 0.0319. The number of aromatic nitrogens is 3. The average molecular weight is 343 g/mol. The number of ether oxygens (including phenoxy) is 2. The largest absolute Gasteiger partial charge is 0.491 e. The van der Waals surface area contributed by atoms with Gasteiger partial charge in [-0.15, -0.1) is 0 Å². The molecule has 23 heavy (non-hydrogen) atoms. The number of nitrogens with one attached hydrogen (secondary N) is 1. The molecule has 0 amide bonds. The molecule has 1 saturated carbocycles. The normalized spacial score (nSPS) is 18.5. The van der Waals surface area contributed by atoms with E-state index in [0.29, 0.717) is 0 Å². The van der Waals surface area contributed by atoms with E-state index < -0.39 is 54.6 Å². The molecule has 0 unspecified atom stereocenters. The van der Waals surface area contributed by atoms with E-state index in [1.165, 1.54) is 0 Å². The highest BCUT2D eigenvalue weighted by Crippen LogP contribution is 2.34. The van der Waals surface area contributed by atoms with Crippen LogP contribution in [0.1, 0.15) is 36.2 Å². The number of aromatic amines is 1. The third kappa shape index (κ3) is 4.36. The van der Waals surface area contributed by atoms with Crippen LogP contribution in [0, 0.1) is 0 Å². The van der Waals surface area contributed by atoms with Gasteiger partial charge in [-0.2, -0.15) is 13.2 Å². The van der Waals surface area contributed by atoms with Crippen molar-refractivity contribution < 1.29 is 41.0 Å². The van der Waals surface area contributed by atoms with Gasteiger partial charge in [0.25, 0.3) is 5.88 Å². The van der Waals surface area contributed by atoms with Gasteiger partial charge in [0, 0.05) is 12.8 Å². The maximum absolute atomic E-state index is 13.0. The fourth-order valence-corrected chi connectivity index (χ4v) is 1.92. The lowest BCUT2D eigenvalue weighted by molar-refractivity contribution is -0.193. The summed E-state index contributed by atoms with van der Waals surface area (Å²) in [6.45, 7) is 0. The van der Waals surface area contributed by atoms with Crippen LogP contribution in [-0.4, -0.2) is 45.6 Å². The fourth-order valence-electron chi connectivity index (χ4n) is 1.92. The summed E-state index contributed by atoms with van der Waals surface area (Å²) in [5.41, 5.74) is -0.708. The number of halogens is 5. The first-order valence-corrected chi connectivity index (χ1v) is 6.37. The van der Waals surface area contributed by atoms with Crippen LogP contribution in [0.4, 0.5) is 22.0 Å². The Morgan fingerprint density at radius 1 is 1.22 bits per heavy atom. The van der Waals surface area contributed by atoms with Gasteiger partial charge in [-0.1, -0.05) is 10.3 Å². The first-order valence-electron chi connectivity index (χ1n) is 6.37. The van der Waals surface area contributed by atoms with Gasteiger partial charge in [0.15, 0.2) is 0 Å². The molecule has 1 aliphatic rings. The maximum atomic E-state index is 13.0. The number of nitrogens with zero attached hydrogens (tertiary/aromatic N) is 2. The minimum Gasteiger partial charge on any atom is -0.472 e. The second kappa shape index (κ2) is 6.08. The molecule has 2 rings (SSSR count). The predicted octanol–water partition coefficient (Wildman–Crippen LogP) is 2.01. The van der Waals surface area contributed by atoms with Crippen LogP contribution in [0.3, 0.4) is 0 Å². The van der Waals surface area contributed by atoms with E-state index in [-0.39, 0.29) is 12.8 Å². The third-order valence-electron chi connectivity index (χ3n) is 3.08. The molecule has 12 heteroatoms. The number of hydrogen-bond acceptors (Lipinski definition) is 6. The molecule has 1 heterocycles. The number of carbonyl (C=O) groups is 2. The zero-order chi connectivity index (χ0) is 17.3. The summed E-state index contributed by atoms with van der Waals surface area (Å²) in [5.74, 6) is -7.71. The highest BCUT2D eigenvalue weighted by Gasteiger charge is 2.43. The van der Waals surface area contributed by atoms with Gasteiger partial charge < -0.3 is 9.47 Å². The van der Waals surface area contributed by atoms with Crippen molar-refractivity contribution in [1.29, 1.82) is 0 Å². The van der Waals surface area contributed by atoms with Crippen LogP contribution in [0.25, 0.3) is 0 Å². The predicted molar refractivity (Wildman–Crippen MR) is 60.7 cm³/mol. The molecule has 1 aromatic rings. The third-order valence-corrected chi connectivity index (χ3v) is 3.08. The van der Waals surface area contributed by atoms with Crippen molar-refractivity contribution in [2.45, 2.75) is 43.9 Å². The Hall–Kier alpha value is -2.27. The Labute approximate surface area is 125 Å². The summed E-state index contributed by atoms with van der Waals surface area (Å²) in [4.78, 5) is 22.1. The number of H-pyrrole nitrogens is 1. The molecule has 0 aliphatic heterocycles. The van der Waals surface area contributed by atoms with Crippen LogP contribution < -0.4 is 4.74 Å². The summed E-state index contributed by atoms with van der Waals surface area (Å²) in [7, 11) is 0. The molecule has 0 atom stereocenters. The van der Waals surface area contributed by atoms with Crippen molar-refractivity contribution in [3.8, 4) is 5.88 Å². The van der Waals surface area contributed by atoms with E-state index in [4.69, 9.17) is 4.74 Å². The zero-order valence-electron chi connectivity index (χ0n) is 11.3. The van der Waals surface area contributed by atoms with Crippen LogP contribution in [0.15, 0.2) is 0 Å². The van der Waals surface area contributed by atoms with Crippen molar-refractivity contribution in [1.82, 2.24) is 15.4 Å². The zero-order valence-corrected chi connectivity index (χ0v) is 11.3. The monoisotopic (exact) mass is 343 g/mol. The summed E-state index contributed by atoms with van der Waals surface area (Å²) in [6.07, 6.45) is -6.97. The van der Waals surface area contributed by atoms with Gasteiger partial charge in [-0.05, 0) is 12.8 Å². The van der Waals surface area contributed by atoms with Crippen molar-refractivity contribution in [3.05, 3.63) is 5.69 Å². The average Bonchev–Trinajstić information content (AvgIpc) is 2.88. The Morgan fingerprint density at radius 3 is 2.39 bits per heavy atom. The molecule has 0 bridgehead atoms. The summed E-state index contributed by atoms with van der Waals surface area (Å²) < 4.78 is 70.9. The van der Waals surface area contributed by atoms with Gasteiger partial charge in [-0.3, -0.25) is 0 Å². The van der Waals surface area contributed by atoms with Gasteiger partial charge in [-0.25, -0.2) is 23.5 Å². The molecule has 0 aromatic carbocycles. The molecule has 0 spiro atoms. The van der Waals surface area contributed by atoms with E-state index in [0.717, 1.165) is 0 Å². The SMILES string of the molecule is O=C(OC(=O)C(F)(F)F)c1[nH]nnc1OC1CCC(F)(F)CC1. The molecule has 128 valence electrons. The first-order chi connectivity index (χ1) is 10.6. The molecule has 1 aromatic heterocycles. The molecular weight excluding hydrogens is 333 g/mol. The Balaban J connectivity index is 2.00. The van der Waals surface area contributed by atoms with Crippen molar-refractivity contribution in [2.24, 2.45) is 0 Å². The highest BCUT2D eigenvalue weighted by atomic mass is 19.4. The number of hydrogen-bond donors (Lipinski definition) is 1.